The molecule has 68 heavy (non-hydrogen) atoms. The second kappa shape index (κ2) is 19.1. The molecule has 3 amide bonds. The summed E-state index contributed by atoms with van der Waals surface area (Å²) in [6.45, 7) is 10.9. The first-order chi connectivity index (χ1) is 32.3. The Labute approximate surface area is 397 Å². The van der Waals surface area contributed by atoms with E-state index < -0.39 is 64.9 Å². The van der Waals surface area contributed by atoms with E-state index in [1.165, 1.54) is 29.2 Å². The van der Waals surface area contributed by atoms with Gasteiger partial charge in [-0.3, -0.25) is 24.6 Å². The standard InChI is InChI=1S/C52H55F2N7O6S/c1-28-18-36(53)13-14-38(28)39-21-32(24-60-17-16-59(7)51(60)55)22-41-44(63)35(26-67-45(39)41)19-31-8-15-42(54)40(20-31)48(64)58-47(52(4,5)6)50(66)61-25-37(62)23-43(61)49(65)57-29(2)33-9-11-34(12-10-33)46-30(3)56-27-68-46/h8-18,20-22,27,29,35,37,43,47,55,62H,19,23-26H2,1-7H3,(H,57,65)(H,58,64)/t29-,35-,37+,43-,47+/m0/s1. The first-order valence-corrected chi connectivity index (χ1v) is 23.4. The number of Topliss-reactive ketones (excluding diaryl/α,β-unsaturated/α-hetero) is 1. The molecule has 0 spiro atoms. The van der Waals surface area contributed by atoms with Crippen LogP contribution in [-0.2, 0) is 29.6 Å². The van der Waals surface area contributed by atoms with Crippen LogP contribution in [0.4, 0.5) is 8.78 Å². The fraction of sp³-hybridized carbons (Fsp3) is 0.346. The molecule has 6 aromatic rings. The van der Waals surface area contributed by atoms with Gasteiger partial charge in [0.25, 0.3) is 5.91 Å². The summed E-state index contributed by atoms with van der Waals surface area (Å²) in [6, 6.07) is 17.2. The Kier molecular flexibility index (Phi) is 13.4. The van der Waals surface area contributed by atoms with E-state index in [1.54, 1.807) is 85.3 Å². The van der Waals surface area contributed by atoms with Crippen molar-refractivity contribution in [1.29, 1.82) is 5.41 Å². The van der Waals surface area contributed by atoms with Crippen LogP contribution in [-0.4, -0.2) is 79.0 Å². The maximum atomic E-state index is 15.7. The molecule has 0 saturated carbocycles. The summed E-state index contributed by atoms with van der Waals surface area (Å²) in [5.41, 5.74) is 7.06. The minimum Gasteiger partial charge on any atom is -0.491 e. The number of aliphatic hydroxyl groups excluding tert-OH is 1. The number of hydrogen-bond donors (Lipinski definition) is 4. The molecule has 1 saturated heterocycles. The number of rotatable bonds is 12. The van der Waals surface area contributed by atoms with Crippen molar-refractivity contribution >= 4 is 34.8 Å². The van der Waals surface area contributed by atoms with Gasteiger partial charge >= 0.3 is 0 Å². The lowest BCUT2D eigenvalue weighted by atomic mass is 9.85. The van der Waals surface area contributed by atoms with Gasteiger partial charge in [-0.05, 0) is 102 Å². The van der Waals surface area contributed by atoms with Gasteiger partial charge in [0.15, 0.2) is 5.78 Å². The summed E-state index contributed by atoms with van der Waals surface area (Å²) in [6.07, 6.45) is 2.64. The van der Waals surface area contributed by atoms with Gasteiger partial charge in [0.05, 0.1) is 58.4 Å². The van der Waals surface area contributed by atoms with Gasteiger partial charge in [0.2, 0.25) is 17.4 Å². The topological polar surface area (TPSA) is 172 Å². The Morgan fingerprint density at radius 3 is 2.35 bits per heavy atom. The predicted molar refractivity (Wildman–Crippen MR) is 254 cm³/mol. The normalized spacial score (nSPS) is 17.9. The van der Waals surface area contributed by atoms with E-state index in [0.29, 0.717) is 33.6 Å². The molecule has 5 atom stereocenters. The summed E-state index contributed by atoms with van der Waals surface area (Å²) in [7, 11) is 1.76. The van der Waals surface area contributed by atoms with Crippen LogP contribution < -0.4 is 21.0 Å². The molecular weight excluding hydrogens is 889 g/mol. The van der Waals surface area contributed by atoms with Crippen molar-refractivity contribution in [3.05, 3.63) is 147 Å². The van der Waals surface area contributed by atoms with Crippen LogP contribution in [0.3, 0.4) is 0 Å². The molecule has 0 aliphatic carbocycles. The number of halogens is 2. The van der Waals surface area contributed by atoms with E-state index in [0.717, 1.165) is 33.3 Å². The molecular formula is C52H55F2N7O6S. The Balaban J connectivity index is 0.988. The Morgan fingerprint density at radius 2 is 1.69 bits per heavy atom. The van der Waals surface area contributed by atoms with Crippen LogP contribution in [0.25, 0.3) is 21.6 Å². The van der Waals surface area contributed by atoms with Crippen molar-refractivity contribution < 1.29 is 37.8 Å². The molecule has 354 valence electrons. The molecule has 1 fully saturated rings. The van der Waals surface area contributed by atoms with Crippen LogP contribution in [0.2, 0.25) is 0 Å². The van der Waals surface area contributed by atoms with Crippen LogP contribution in [0, 0.1) is 42.2 Å². The number of aliphatic hydroxyl groups is 1. The maximum Gasteiger partial charge on any atom is 0.254 e. The fourth-order valence-corrected chi connectivity index (χ4v) is 9.92. The van der Waals surface area contributed by atoms with Gasteiger partial charge in [0.1, 0.15) is 29.5 Å². The zero-order valence-electron chi connectivity index (χ0n) is 39.0. The number of amides is 3. The van der Waals surface area contributed by atoms with E-state index in [4.69, 9.17) is 10.1 Å². The summed E-state index contributed by atoms with van der Waals surface area (Å²) >= 11 is 1.55. The molecule has 2 aromatic heterocycles. The minimum atomic E-state index is -1.23. The zero-order valence-corrected chi connectivity index (χ0v) is 39.8. The molecule has 13 nitrogen and oxygen atoms in total. The molecule has 0 bridgehead atoms. The second-order valence-corrected chi connectivity index (χ2v) is 19.9. The number of β-amino-alcohol motifs (C(OH)–C–C–N with tert-alkyl or cyclic N) is 1. The molecule has 8 rings (SSSR count). The number of nitrogens with one attached hydrogen (secondary N) is 3. The largest absolute Gasteiger partial charge is 0.491 e. The molecule has 0 unspecified atom stereocenters. The second-order valence-electron chi connectivity index (χ2n) is 19.0. The SMILES string of the molecule is Cc1cc(F)ccc1-c1cc(Cn2ccn(C)c2=N)cc2c1OC[C@H](Cc1ccc(F)c(C(=O)N[C@H](C(=O)N3C[C@H](O)C[C@H]3C(=O)N[C@@H](C)c3ccc(-c4scnc4C)cc3)C(C)(C)C)c1)C2=O. The maximum absolute atomic E-state index is 15.7. The minimum absolute atomic E-state index is 0.00392. The van der Waals surface area contributed by atoms with Crippen molar-refractivity contribution in [2.45, 2.75) is 85.2 Å². The van der Waals surface area contributed by atoms with Gasteiger partial charge in [0, 0.05) is 38.0 Å². The van der Waals surface area contributed by atoms with Crippen molar-refractivity contribution in [3.63, 3.8) is 0 Å². The number of carbonyl (C=O) groups is 4. The number of imidazole rings is 1. The van der Waals surface area contributed by atoms with Gasteiger partial charge < -0.3 is 34.5 Å². The number of hydrogen-bond acceptors (Lipinski definition) is 9. The number of ether oxygens (including phenoxy) is 1. The van der Waals surface area contributed by atoms with Crippen molar-refractivity contribution in [2.24, 2.45) is 18.4 Å². The van der Waals surface area contributed by atoms with E-state index in [9.17, 15) is 28.7 Å². The molecule has 0 radical (unpaired) electrons. The van der Waals surface area contributed by atoms with E-state index >= 15 is 4.39 Å². The van der Waals surface area contributed by atoms with Gasteiger partial charge in [-0.25, -0.2) is 13.8 Å². The number of fused-ring (bicyclic) bond motifs is 1. The number of benzene rings is 4. The van der Waals surface area contributed by atoms with Crippen LogP contribution in [0.1, 0.15) is 88.8 Å². The van der Waals surface area contributed by atoms with Gasteiger partial charge in [-0.1, -0.05) is 57.2 Å². The van der Waals surface area contributed by atoms with E-state index in [2.05, 4.69) is 15.6 Å². The Bertz CT molecular complexity index is 2990. The molecule has 4 N–H and O–H groups in total. The summed E-state index contributed by atoms with van der Waals surface area (Å²) in [5, 5.41) is 25.0. The highest BCUT2D eigenvalue weighted by molar-refractivity contribution is 7.13. The monoisotopic (exact) mass is 943 g/mol. The predicted octanol–water partition coefficient (Wildman–Crippen LogP) is 7.46. The number of aryl methyl sites for hydroxylation is 3. The fourth-order valence-electron chi connectivity index (χ4n) is 9.11. The van der Waals surface area contributed by atoms with Crippen LogP contribution in [0.5, 0.6) is 5.75 Å². The third kappa shape index (κ3) is 9.79. The smallest absolute Gasteiger partial charge is 0.254 e. The van der Waals surface area contributed by atoms with Crippen molar-refractivity contribution in [3.8, 4) is 27.3 Å². The number of carbonyl (C=O) groups excluding carboxylic acids is 4. The molecule has 4 heterocycles. The van der Waals surface area contributed by atoms with Crippen LogP contribution >= 0.6 is 11.3 Å². The summed E-state index contributed by atoms with van der Waals surface area (Å²) < 4.78 is 39.6. The highest BCUT2D eigenvalue weighted by Gasteiger charge is 2.45. The first-order valence-electron chi connectivity index (χ1n) is 22.5. The van der Waals surface area contributed by atoms with Gasteiger partial charge in [-0.15, -0.1) is 11.3 Å². The number of thiazole rings is 1. The number of aromatic nitrogens is 3. The average molecular weight is 944 g/mol. The lowest BCUT2D eigenvalue weighted by Gasteiger charge is -2.35. The number of nitrogens with zero attached hydrogens (tertiary/aromatic N) is 4. The summed E-state index contributed by atoms with van der Waals surface area (Å²) in [5.74, 6) is -3.74. The van der Waals surface area contributed by atoms with Gasteiger partial charge in [-0.2, -0.15) is 0 Å². The molecule has 2 aliphatic heterocycles. The highest BCUT2D eigenvalue weighted by Crippen LogP contribution is 2.41. The number of likely N-dealkylation sites (tertiary alicyclic amines) is 1. The zero-order chi connectivity index (χ0) is 48.8. The van der Waals surface area contributed by atoms with Crippen LogP contribution in [0.15, 0.2) is 90.7 Å². The highest BCUT2D eigenvalue weighted by atomic mass is 32.1. The lowest BCUT2D eigenvalue weighted by molar-refractivity contribution is -0.142. The third-order valence-electron chi connectivity index (χ3n) is 12.9. The molecule has 4 aromatic carbocycles. The molecule has 16 heteroatoms. The Morgan fingerprint density at radius 1 is 0.956 bits per heavy atom. The first kappa shape index (κ1) is 47.7. The lowest BCUT2D eigenvalue weighted by Crippen LogP contribution is -2.58. The summed E-state index contributed by atoms with van der Waals surface area (Å²) in [4.78, 5) is 63.4. The third-order valence-corrected chi connectivity index (χ3v) is 13.9. The van der Waals surface area contributed by atoms with E-state index in [1.807, 2.05) is 44.2 Å². The molecule has 2 aliphatic rings. The Hall–Kier alpha value is -6.78. The quantitative estimate of drug-likeness (QED) is 0.0987. The average Bonchev–Trinajstić information content (AvgIpc) is 4.00. The number of ketones is 1. The van der Waals surface area contributed by atoms with Crippen molar-refractivity contribution in [2.75, 3.05) is 13.2 Å². The van der Waals surface area contributed by atoms with E-state index in [-0.39, 0.29) is 49.5 Å². The van der Waals surface area contributed by atoms with Crippen molar-refractivity contribution in [1.82, 2.24) is 29.7 Å².